The largest absolute Gasteiger partial charge is 0.465 e. The number of ether oxygens (including phenoxy) is 1. The van der Waals surface area contributed by atoms with Crippen molar-refractivity contribution >= 4 is 5.97 Å². The van der Waals surface area contributed by atoms with Crippen LogP contribution in [0.4, 0.5) is 0 Å². The molecule has 0 aliphatic carbocycles. The number of esters is 1. The summed E-state index contributed by atoms with van der Waals surface area (Å²) in [5, 5.41) is 0. The van der Waals surface area contributed by atoms with Crippen LogP contribution in [-0.4, -0.2) is 37.1 Å². The Hall–Kier alpha value is -2.13. The Morgan fingerprint density at radius 1 is 0.963 bits per heavy atom. The summed E-state index contributed by atoms with van der Waals surface area (Å²) < 4.78 is 5.82. The molecule has 2 aromatic rings. The van der Waals surface area contributed by atoms with Crippen molar-refractivity contribution < 1.29 is 9.53 Å². The second-order valence-electron chi connectivity index (χ2n) is 7.89. The lowest BCUT2D eigenvalue weighted by Crippen LogP contribution is -2.38. The maximum atomic E-state index is 13.0. The van der Waals surface area contributed by atoms with E-state index in [1.54, 1.807) is 0 Å². The third-order valence-electron chi connectivity index (χ3n) is 4.92. The Balaban J connectivity index is 2.07. The topological polar surface area (TPSA) is 29.5 Å². The van der Waals surface area contributed by atoms with E-state index in [0.717, 1.165) is 30.8 Å². The Kier molecular flexibility index (Phi) is 8.05. The van der Waals surface area contributed by atoms with Crippen LogP contribution in [0.15, 0.2) is 60.7 Å². The van der Waals surface area contributed by atoms with Gasteiger partial charge in [-0.2, -0.15) is 0 Å². The molecule has 2 rings (SSSR count). The first-order chi connectivity index (χ1) is 12.9. The Labute approximate surface area is 164 Å². The smallest absolute Gasteiger partial charge is 0.313 e. The van der Waals surface area contributed by atoms with Gasteiger partial charge >= 0.3 is 5.97 Å². The van der Waals surface area contributed by atoms with Gasteiger partial charge in [0.15, 0.2) is 0 Å². The Morgan fingerprint density at radius 3 is 2.07 bits per heavy atom. The van der Waals surface area contributed by atoms with Crippen LogP contribution >= 0.6 is 0 Å². The molecular weight excluding hydrogens is 334 g/mol. The molecule has 1 unspecified atom stereocenters. The van der Waals surface area contributed by atoms with E-state index in [1.807, 2.05) is 48.5 Å². The lowest BCUT2D eigenvalue weighted by atomic mass is 9.91. The van der Waals surface area contributed by atoms with Crippen LogP contribution in [0.25, 0.3) is 0 Å². The zero-order valence-electron chi connectivity index (χ0n) is 17.2. The van der Waals surface area contributed by atoms with Gasteiger partial charge in [-0.15, -0.1) is 0 Å². The van der Waals surface area contributed by atoms with Crippen LogP contribution in [0.2, 0.25) is 0 Å². The van der Waals surface area contributed by atoms with Crippen LogP contribution in [0.5, 0.6) is 0 Å². The highest BCUT2D eigenvalue weighted by atomic mass is 16.5. The number of rotatable bonds is 10. The molecule has 0 spiro atoms. The third-order valence-corrected chi connectivity index (χ3v) is 4.92. The molecule has 0 saturated carbocycles. The third kappa shape index (κ3) is 6.84. The molecule has 3 heteroatoms. The molecule has 3 nitrogen and oxygen atoms in total. The summed E-state index contributed by atoms with van der Waals surface area (Å²) in [6, 6.07) is 20.1. The zero-order valence-corrected chi connectivity index (χ0v) is 17.2. The molecule has 0 aromatic heterocycles. The van der Waals surface area contributed by atoms with E-state index in [-0.39, 0.29) is 17.3 Å². The van der Waals surface area contributed by atoms with Crippen molar-refractivity contribution in [1.29, 1.82) is 0 Å². The first-order valence-electron chi connectivity index (χ1n) is 9.93. The summed E-state index contributed by atoms with van der Waals surface area (Å²) in [7, 11) is 0. The van der Waals surface area contributed by atoms with Crippen LogP contribution < -0.4 is 0 Å². The maximum Gasteiger partial charge on any atom is 0.313 e. The molecule has 0 amide bonds. The molecule has 146 valence electrons. The minimum absolute atomic E-state index is 0.0737. The summed E-state index contributed by atoms with van der Waals surface area (Å²) in [5.74, 6) is -0.421. The number of benzene rings is 2. The molecule has 0 fully saturated rings. The molecule has 1 atom stereocenters. The summed E-state index contributed by atoms with van der Waals surface area (Å²) in [6.07, 6.45) is 0.653. The van der Waals surface area contributed by atoms with Crippen molar-refractivity contribution in [3.8, 4) is 0 Å². The average Bonchev–Trinajstić information content (AvgIpc) is 2.70. The van der Waals surface area contributed by atoms with Crippen molar-refractivity contribution in [2.45, 2.75) is 40.0 Å². The molecular formula is C24H33NO2. The van der Waals surface area contributed by atoms with Gasteiger partial charge in [0.2, 0.25) is 0 Å². The van der Waals surface area contributed by atoms with E-state index >= 15 is 0 Å². The summed E-state index contributed by atoms with van der Waals surface area (Å²) in [4.78, 5) is 15.4. The molecule has 0 N–H and O–H groups in total. The summed E-state index contributed by atoms with van der Waals surface area (Å²) in [5.41, 5.74) is 2.08. The van der Waals surface area contributed by atoms with Crippen molar-refractivity contribution in [2.24, 2.45) is 5.41 Å². The second-order valence-corrected chi connectivity index (χ2v) is 7.89. The minimum Gasteiger partial charge on any atom is -0.465 e. The number of carbonyl (C=O) groups excluding carboxylic acids is 1. The highest BCUT2D eigenvalue weighted by Gasteiger charge is 2.27. The molecule has 0 bridgehead atoms. The van der Waals surface area contributed by atoms with Gasteiger partial charge in [0.1, 0.15) is 0 Å². The minimum atomic E-state index is -0.280. The first-order valence-corrected chi connectivity index (χ1v) is 9.93. The normalized spacial score (nSPS) is 12.8. The van der Waals surface area contributed by atoms with Crippen molar-refractivity contribution in [3.63, 3.8) is 0 Å². The van der Waals surface area contributed by atoms with Crippen LogP contribution in [0, 0.1) is 5.41 Å². The van der Waals surface area contributed by atoms with E-state index in [2.05, 4.69) is 44.7 Å². The van der Waals surface area contributed by atoms with Gasteiger partial charge in [-0.25, -0.2) is 0 Å². The highest BCUT2D eigenvalue weighted by molar-refractivity contribution is 5.78. The zero-order chi connectivity index (χ0) is 19.7. The van der Waals surface area contributed by atoms with Gasteiger partial charge in [0, 0.05) is 12.0 Å². The fourth-order valence-electron chi connectivity index (χ4n) is 3.34. The van der Waals surface area contributed by atoms with Crippen molar-refractivity contribution in [1.82, 2.24) is 4.90 Å². The molecule has 27 heavy (non-hydrogen) atoms. The predicted octanol–water partition coefficient (Wildman–Crippen LogP) is 4.92. The SMILES string of the molecule is CCN(CC)CC(C)(C)COC(=O)C(Cc1ccccc1)c1ccccc1. The molecule has 0 aliphatic heterocycles. The highest BCUT2D eigenvalue weighted by Crippen LogP contribution is 2.25. The summed E-state index contributed by atoms with van der Waals surface area (Å²) >= 11 is 0. The molecule has 2 aromatic carbocycles. The van der Waals surface area contributed by atoms with Gasteiger partial charge in [-0.3, -0.25) is 4.79 Å². The van der Waals surface area contributed by atoms with Gasteiger partial charge < -0.3 is 9.64 Å². The second kappa shape index (κ2) is 10.3. The average molecular weight is 368 g/mol. The maximum absolute atomic E-state index is 13.0. The van der Waals surface area contributed by atoms with E-state index in [9.17, 15) is 4.79 Å². The lowest BCUT2D eigenvalue weighted by Gasteiger charge is -2.31. The van der Waals surface area contributed by atoms with E-state index in [1.165, 1.54) is 0 Å². The summed E-state index contributed by atoms with van der Waals surface area (Å²) in [6.45, 7) is 12.0. The molecule has 0 saturated heterocycles. The van der Waals surface area contributed by atoms with E-state index < -0.39 is 0 Å². The van der Waals surface area contributed by atoms with Crippen LogP contribution in [-0.2, 0) is 16.0 Å². The molecule has 0 radical (unpaired) electrons. The number of carbonyl (C=O) groups is 1. The van der Waals surface area contributed by atoms with Gasteiger partial charge in [0.25, 0.3) is 0 Å². The van der Waals surface area contributed by atoms with E-state index in [0.29, 0.717) is 13.0 Å². The molecule has 0 aliphatic rings. The number of nitrogens with zero attached hydrogens (tertiary/aromatic N) is 1. The van der Waals surface area contributed by atoms with Crippen LogP contribution in [0.1, 0.15) is 44.7 Å². The number of hydrogen-bond acceptors (Lipinski definition) is 3. The quantitative estimate of drug-likeness (QED) is 0.558. The van der Waals surface area contributed by atoms with E-state index in [4.69, 9.17) is 4.74 Å². The monoisotopic (exact) mass is 367 g/mol. The lowest BCUT2D eigenvalue weighted by molar-refractivity contribution is -0.149. The van der Waals surface area contributed by atoms with Gasteiger partial charge in [0.05, 0.1) is 12.5 Å². The predicted molar refractivity (Wildman–Crippen MR) is 112 cm³/mol. The fourth-order valence-corrected chi connectivity index (χ4v) is 3.34. The standard InChI is InChI=1S/C24H33NO2/c1-5-25(6-2)18-24(3,4)19-27-23(26)22(21-15-11-8-12-16-21)17-20-13-9-7-10-14-20/h7-16,22H,5-6,17-19H2,1-4H3. The molecule has 0 heterocycles. The van der Waals surface area contributed by atoms with Gasteiger partial charge in [-0.05, 0) is 30.6 Å². The van der Waals surface area contributed by atoms with Crippen molar-refractivity contribution in [2.75, 3.05) is 26.2 Å². The fraction of sp³-hybridized carbons (Fsp3) is 0.458. The van der Waals surface area contributed by atoms with Gasteiger partial charge in [-0.1, -0.05) is 88.4 Å². The Bertz CT molecular complexity index is 678. The first kappa shape index (κ1) is 21.2. The van der Waals surface area contributed by atoms with Crippen molar-refractivity contribution in [3.05, 3.63) is 71.8 Å². The number of hydrogen-bond donors (Lipinski definition) is 0. The Morgan fingerprint density at radius 2 is 1.52 bits per heavy atom. The van der Waals surface area contributed by atoms with Crippen LogP contribution in [0.3, 0.4) is 0 Å².